The first-order valence-electron chi connectivity index (χ1n) is 8.86. The summed E-state index contributed by atoms with van der Waals surface area (Å²) in [5, 5.41) is 0. The summed E-state index contributed by atoms with van der Waals surface area (Å²) in [5.41, 5.74) is 7.86. The molecule has 4 rings (SSSR count). The van der Waals surface area contributed by atoms with Gasteiger partial charge in [-0.25, -0.2) is 4.98 Å². The van der Waals surface area contributed by atoms with Gasteiger partial charge < -0.3 is 0 Å². The summed E-state index contributed by atoms with van der Waals surface area (Å²) in [4.78, 5) is 4.93. The van der Waals surface area contributed by atoms with Crippen LogP contribution in [0.3, 0.4) is 0 Å². The van der Waals surface area contributed by atoms with Crippen LogP contribution in [-0.4, -0.2) is 12.3 Å². The molecule has 1 aromatic heterocycles. The molecule has 4 aromatic rings. The molecule has 0 atom stereocenters. The number of hydrogen-bond acceptors (Lipinski definition) is 1. The highest BCUT2D eigenvalue weighted by Gasteiger charge is 2.09. The second kappa shape index (κ2) is 7.41. The van der Waals surface area contributed by atoms with Gasteiger partial charge in [-0.1, -0.05) is 97.2 Å². The molecule has 1 nitrogen and oxygen atoms in total. The molecule has 0 N–H and O–H groups in total. The van der Waals surface area contributed by atoms with E-state index in [4.69, 9.17) is 4.98 Å². The highest BCUT2D eigenvalue weighted by atomic mass is 14.7. The first-order valence-corrected chi connectivity index (χ1v) is 8.86. The minimum atomic E-state index is 0.993. The monoisotopic (exact) mass is 332 g/mol. The van der Waals surface area contributed by atoms with Gasteiger partial charge in [0.2, 0.25) is 0 Å². The Hall–Kier alpha value is -3.13. The van der Waals surface area contributed by atoms with Gasteiger partial charge in [0, 0.05) is 11.1 Å². The molecule has 0 aliphatic heterocycles. The summed E-state index contributed by atoms with van der Waals surface area (Å²) in [6, 6.07) is 33.7. The Morgan fingerprint density at radius 3 is 1.62 bits per heavy atom. The number of rotatable bonds is 4. The van der Waals surface area contributed by atoms with Crippen molar-refractivity contribution in [1.82, 2.24) is 4.98 Å². The summed E-state index contributed by atoms with van der Waals surface area (Å²) in [6.07, 6.45) is 0. The van der Waals surface area contributed by atoms with Crippen LogP contribution in [0.1, 0.15) is 0 Å². The fourth-order valence-electron chi connectivity index (χ4n) is 3.11. The number of aromatic nitrogens is 1. The Bertz CT molecular complexity index is 953. The largest absolute Gasteiger partial charge is 0.248 e. The molecule has 0 saturated carbocycles. The normalized spacial score (nSPS) is 10.5. The van der Waals surface area contributed by atoms with Gasteiger partial charge in [-0.3, -0.25) is 0 Å². The standard InChI is InChI=1S/C24H19BN/c1-25-22-14-8-13-20(15-22)21-16-23(18-9-4-2-5-10-18)26-24(17-21)19-11-6-3-7-12-19/h2-17H,1H3. The summed E-state index contributed by atoms with van der Waals surface area (Å²) >= 11 is 0. The van der Waals surface area contributed by atoms with Crippen LogP contribution in [0.2, 0.25) is 6.82 Å². The second-order valence-electron chi connectivity index (χ2n) is 6.27. The maximum atomic E-state index is 4.93. The molecule has 2 heteroatoms. The van der Waals surface area contributed by atoms with E-state index >= 15 is 0 Å². The quantitative estimate of drug-likeness (QED) is 0.452. The van der Waals surface area contributed by atoms with Crippen LogP contribution in [0, 0.1) is 0 Å². The lowest BCUT2D eigenvalue weighted by atomic mass is 9.73. The molecule has 123 valence electrons. The smallest absolute Gasteiger partial charge is 0.148 e. The predicted octanol–water partition coefficient (Wildman–Crippen LogP) is 5.46. The number of benzene rings is 3. The van der Waals surface area contributed by atoms with Crippen LogP contribution >= 0.6 is 0 Å². The van der Waals surface area contributed by atoms with Crippen LogP contribution in [0.4, 0.5) is 0 Å². The molecule has 3 aromatic carbocycles. The molecule has 0 spiro atoms. The van der Waals surface area contributed by atoms with Crippen molar-refractivity contribution in [3.63, 3.8) is 0 Å². The molecule has 0 aliphatic carbocycles. The van der Waals surface area contributed by atoms with E-state index in [2.05, 4.69) is 99.0 Å². The van der Waals surface area contributed by atoms with Crippen LogP contribution in [-0.2, 0) is 0 Å². The van der Waals surface area contributed by atoms with Gasteiger partial charge in [-0.2, -0.15) is 0 Å². The fourth-order valence-corrected chi connectivity index (χ4v) is 3.11. The van der Waals surface area contributed by atoms with Crippen LogP contribution in [0.25, 0.3) is 33.6 Å². The lowest BCUT2D eigenvalue weighted by Crippen LogP contribution is -2.09. The maximum absolute atomic E-state index is 4.93. The van der Waals surface area contributed by atoms with Gasteiger partial charge in [-0.05, 0) is 23.3 Å². The van der Waals surface area contributed by atoms with Gasteiger partial charge >= 0.3 is 0 Å². The minimum Gasteiger partial charge on any atom is -0.248 e. The highest BCUT2D eigenvalue weighted by molar-refractivity contribution is 6.52. The number of nitrogens with zero attached hydrogens (tertiary/aromatic N) is 1. The Kier molecular flexibility index (Phi) is 4.66. The lowest BCUT2D eigenvalue weighted by Gasteiger charge is -2.11. The SMILES string of the molecule is C[B]c1cccc(-c2cc(-c3ccccc3)nc(-c3ccccc3)c2)c1. The zero-order valence-corrected chi connectivity index (χ0v) is 14.8. The van der Waals surface area contributed by atoms with Crippen molar-refractivity contribution in [2.75, 3.05) is 0 Å². The van der Waals surface area contributed by atoms with Crippen molar-refractivity contribution in [2.45, 2.75) is 6.82 Å². The molecule has 0 amide bonds. The first kappa shape index (κ1) is 16.3. The van der Waals surface area contributed by atoms with E-state index in [0.717, 1.165) is 22.5 Å². The van der Waals surface area contributed by atoms with Crippen molar-refractivity contribution in [1.29, 1.82) is 0 Å². The fraction of sp³-hybridized carbons (Fsp3) is 0.0417. The molecular weight excluding hydrogens is 313 g/mol. The van der Waals surface area contributed by atoms with Crippen LogP contribution in [0.15, 0.2) is 97.1 Å². The van der Waals surface area contributed by atoms with Gasteiger partial charge in [0.05, 0.1) is 11.4 Å². The minimum absolute atomic E-state index is 0.993. The molecular formula is C24H19BN. The van der Waals surface area contributed by atoms with Gasteiger partial charge in [-0.15, -0.1) is 0 Å². The average Bonchev–Trinajstić information content (AvgIpc) is 2.75. The molecule has 0 bridgehead atoms. The topological polar surface area (TPSA) is 12.9 Å². The third-order valence-corrected chi connectivity index (χ3v) is 4.52. The molecule has 1 heterocycles. The van der Waals surface area contributed by atoms with E-state index in [1.807, 2.05) is 12.1 Å². The van der Waals surface area contributed by atoms with E-state index in [0.29, 0.717) is 0 Å². The Balaban J connectivity index is 1.90. The van der Waals surface area contributed by atoms with Crippen LogP contribution < -0.4 is 5.46 Å². The van der Waals surface area contributed by atoms with E-state index in [1.54, 1.807) is 0 Å². The number of pyridine rings is 1. The molecule has 0 unspecified atom stereocenters. The van der Waals surface area contributed by atoms with Crippen molar-refractivity contribution >= 4 is 12.7 Å². The predicted molar refractivity (Wildman–Crippen MR) is 112 cm³/mol. The second-order valence-corrected chi connectivity index (χ2v) is 6.27. The van der Waals surface area contributed by atoms with E-state index in [9.17, 15) is 0 Å². The van der Waals surface area contributed by atoms with Crippen molar-refractivity contribution in [3.05, 3.63) is 97.1 Å². The van der Waals surface area contributed by atoms with E-state index < -0.39 is 0 Å². The molecule has 0 aliphatic rings. The summed E-state index contributed by atoms with van der Waals surface area (Å²) < 4.78 is 0. The molecule has 0 saturated heterocycles. The third kappa shape index (κ3) is 3.45. The summed E-state index contributed by atoms with van der Waals surface area (Å²) in [6.45, 7) is 2.07. The molecule has 0 fully saturated rings. The third-order valence-electron chi connectivity index (χ3n) is 4.52. The average molecular weight is 332 g/mol. The Labute approximate surface area is 155 Å². The van der Waals surface area contributed by atoms with E-state index in [-0.39, 0.29) is 0 Å². The zero-order valence-electron chi connectivity index (χ0n) is 14.8. The summed E-state index contributed by atoms with van der Waals surface area (Å²) in [5.74, 6) is 0. The summed E-state index contributed by atoms with van der Waals surface area (Å²) in [7, 11) is 2.13. The lowest BCUT2D eigenvalue weighted by molar-refractivity contribution is 1.32. The maximum Gasteiger partial charge on any atom is 0.148 e. The van der Waals surface area contributed by atoms with Crippen LogP contribution in [0.5, 0.6) is 0 Å². The van der Waals surface area contributed by atoms with Gasteiger partial charge in [0.1, 0.15) is 7.28 Å². The zero-order chi connectivity index (χ0) is 17.8. The van der Waals surface area contributed by atoms with Crippen molar-refractivity contribution < 1.29 is 0 Å². The van der Waals surface area contributed by atoms with Gasteiger partial charge in [0.15, 0.2) is 0 Å². The van der Waals surface area contributed by atoms with Crippen molar-refractivity contribution in [2.24, 2.45) is 0 Å². The Morgan fingerprint density at radius 1 is 0.538 bits per heavy atom. The number of hydrogen-bond donors (Lipinski definition) is 0. The molecule has 26 heavy (non-hydrogen) atoms. The highest BCUT2D eigenvalue weighted by Crippen LogP contribution is 2.29. The van der Waals surface area contributed by atoms with E-state index in [1.165, 1.54) is 16.6 Å². The van der Waals surface area contributed by atoms with Crippen molar-refractivity contribution in [3.8, 4) is 33.6 Å². The van der Waals surface area contributed by atoms with Gasteiger partial charge in [0.25, 0.3) is 0 Å². The molecule has 1 radical (unpaired) electrons. The Morgan fingerprint density at radius 2 is 1.08 bits per heavy atom. The first-order chi connectivity index (χ1) is 12.8.